The van der Waals surface area contributed by atoms with Crippen LogP contribution in [0.5, 0.6) is 0 Å². The average Bonchev–Trinajstić information content (AvgIpc) is 2.95. The van der Waals surface area contributed by atoms with Crippen molar-refractivity contribution < 1.29 is 74.6 Å². The smallest absolute Gasteiger partial charge is 0.194 e. The highest BCUT2D eigenvalue weighted by molar-refractivity contribution is 5.30. The Morgan fingerprint density at radius 3 is 1.26 bits per heavy atom. The second-order valence-corrected chi connectivity index (χ2v) is 12.6. The molecule has 0 aromatic heterocycles. The van der Waals surface area contributed by atoms with E-state index in [0.717, 1.165) is 37.8 Å². The molecule has 0 amide bonds. The molecule has 2 fully saturated rings. The maximum atomic E-state index is 14.6. The molecule has 3 rings (SSSR count). The van der Waals surface area contributed by atoms with E-state index in [1.165, 1.54) is 25.7 Å². The molecule has 0 bridgehead atoms. The molecule has 0 spiro atoms. The van der Waals surface area contributed by atoms with Crippen molar-refractivity contribution in [1.82, 2.24) is 0 Å². The van der Waals surface area contributed by atoms with E-state index >= 15 is 0 Å². The molecule has 266 valence electrons. The molecule has 0 unspecified atom stereocenters. The third-order valence-corrected chi connectivity index (χ3v) is 9.50. The summed E-state index contributed by atoms with van der Waals surface area (Å²) in [4.78, 5) is 0. The van der Waals surface area contributed by atoms with Crippen molar-refractivity contribution >= 4 is 0 Å². The lowest BCUT2D eigenvalue weighted by atomic mass is 9.69. The van der Waals surface area contributed by atoms with E-state index in [1.54, 1.807) is 0 Å². The predicted molar refractivity (Wildman–Crippen MR) is 131 cm³/mol. The zero-order chi connectivity index (χ0) is 35.4. The minimum Gasteiger partial charge on any atom is -0.194 e. The summed E-state index contributed by atoms with van der Waals surface area (Å²) < 4.78 is 231. The summed E-state index contributed by atoms with van der Waals surface area (Å²) in [6.07, 6.45) is 1.36. The summed E-state index contributed by atoms with van der Waals surface area (Å²) >= 11 is 0. The lowest BCUT2D eigenvalue weighted by Gasteiger charge is -2.42. The Labute approximate surface area is 253 Å². The van der Waals surface area contributed by atoms with Crippen LogP contribution in [0, 0.1) is 23.7 Å². The molecule has 0 aliphatic heterocycles. The van der Waals surface area contributed by atoms with E-state index in [4.69, 9.17) is 0 Å². The third-order valence-electron chi connectivity index (χ3n) is 9.50. The lowest BCUT2D eigenvalue weighted by Crippen LogP contribution is -2.74. The molecule has 1 aromatic carbocycles. The zero-order valence-electron chi connectivity index (χ0n) is 24.1. The maximum absolute atomic E-state index is 14.6. The normalized spacial score (nSPS) is 25.1. The van der Waals surface area contributed by atoms with Crippen LogP contribution in [-0.4, -0.2) is 41.7 Å². The SMILES string of the molecule is C[C@H]1CC[C@H](C2CCC(CCc3ccc(C(F)(F)C(F)(F)C(F)(F)C(F)(F)C(F)(F)C(F)(F)C(F)(F)C(F)(F)F)cc3)CC2)CC1. The van der Waals surface area contributed by atoms with Gasteiger partial charge in [-0.25, -0.2) is 0 Å². The van der Waals surface area contributed by atoms with Gasteiger partial charge < -0.3 is 0 Å². The molecule has 17 heteroatoms. The van der Waals surface area contributed by atoms with E-state index in [-0.39, 0.29) is 30.0 Å². The Bertz CT molecular complexity index is 1150. The molecule has 0 N–H and O–H groups in total. The summed E-state index contributed by atoms with van der Waals surface area (Å²) in [7, 11) is 0. The molecule has 0 heterocycles. The first kappa shape index (κ1) is 38.5. The minimum absolute atomic E-state index is 0.0724. The number of alkyl halides is 17. The molecule has 2 saturated carbocycles. The monoisotopic (exact) mass is 702 g/mol. The highest BCUT2D eigenvalue weighted by atomic mass is 19.4. The molecule has 0 nitrogen and oxygen atoms in total. The first-order valence-electron chi connectivity index (χ1n) is 14.5. The van der Waals surface area contributed by atoms with Crippen LogP contribution < -0.4 is 0 Å². The molecule has 0 radical (unpaired) electrons. The van der Waals surface area contributed by atoms with Gasteiger partial charge in [0.05, 0.1) is 0 Å². The molecule has 2 aliphatic rings. The van der Waals surface area contributed by atoms with Gasteiger partial charge in [0.25, 0.3) is 0 Å². The van der Waals surface area contributed by atoms with Crippen LogP contribution in [0.15, 0.2) is 24.3 Å². The van der Waals surface area contributed by atoms with Crippen LogP contribution in [0.2, 0.25) is 0 Å². The average molecular weight is 703 g/mol. The topological polar surface area (TPSA) is 0 Å². The molecule has 1 aromatic rings. The van der Waals surface area contributed by atoms with Crippen LogP contribution in [0.1, 0.15) is 75.8 Å². The molecule has 2 aliphatic carbocycles. The van der Waals surface area contributed by atoms with Gasteiger partial charge in [-0.15, -0.1) is 0 Å². The van der Waals surface area contributed by atoms with Crippen molar-refractivity contribution in [3.63, 3.8) is 0 Å². The van der Waals surface area contributed by atoms with Gasteiger partial charge in [-0.05, 0) is 67.8 Å². The molecule has 0 atom stereocenters. The Balaban J connectivity index is 1.73. The van der Waals surface area contributed by atoms with Crippen molar-refractivity contribution in [2.24, 2.45) is 23.7 Å². The maximum Gasteiger partial charge on any atom is 0.460 e. The first-order valence-corrected chi connectivity index (χ1v) is 14.5. The number of benzene rings is 1. The zero-order valence-corrected chi connectivity index (χ0v) is 24.1. The standard InChI is InChI=1S/C29H31F17/c1-16-2-10-19(11-3-16)20-12-6-17(7-13-20)4-5-18-8-14-21(15-9-18)22(30,31)23(32,33)24(34,35)25(36,37)26(38,39)27(40,41)28(42,43)29(44,45)46/h8-9,14-17,19-20H,2-7,10-13H2,1H3/t16-,17?,19-,20?. The van der Waals surface area contributed by atoms with Gasteiger partial charge >= 0.3 is 47.6 Å². The third kappa shape index (κ3) is 6.29. The highest BCUT2D eigenvalue weighted by Gasteiger charge is 2.95. The minimum atomic E-state index is -8.62. The fourth-order valence-electron chi connectivity index (χ4n) is 6.30. The Morgan fingerprint density at radius 1 is 0.478 bits per heavy atom. The van der Waals surface area contributed by atoms with Gasteiger partial charge in [0.15, 0.2) is 0 Å². The molecule has 46 heavy (non-hydrogen) atoms. The van der Waals surface area contributed by atoms with Crippen molar-refractivity contribution in [2.75, 3.05) is 0 Å². The van der Waals surface area contributed by atoms with Crippen LogP contribution in [0.4, 0.5) is 74.6 Å². The van der Waals surface area contributed by atoms with Crippen LogP contribution >= 0.6 is 0 Å². The van der Waals surface area contributed by atoms with Gasteiger partial charge in [0.1, 0.15) is 0 Å². The van der Waals surface area contributed by atoms with Crippen molar-refractivity contribution in [2.45, 2.75) is 119 Å². The van der Waals surface area contributed by atoms with Gasteiger partial charge in [0, 0.05) is 5.56 Å². The summed E-state index contributed by atoms with van der Waals surface area (Å²) in [5.41, 5.74) is -1.96. The predicted octanol–water partition coefficient (Wildman–Crippen LogP) is 11.7. The van der Waals surface area contributed by atoms with Crippen LogP contribution in [0.25, 0.3) is 0 Å². The molecular weight excluding hydrogens is 671 g/mol. The van der Waals surface area contributed by atoms with Gasteiger partial charge in [0.2, 0.25) is 0 Å². The van der Waals surface area contributed by atoms with Gasteiger partial charge in [-0.2, -0.15) is 74.6 Å². The number of aryl methyl sites for hydroxylation is 1. The molecule has 0 saturated heterocycles. The van der Waals surface area contributed by atoms with Crippen molar-refractivity contribution in [3.05, 3.63) is 35.4 Å². The van der Waals surface area contributed by atoms with Crippen LogP contribution in [-0.2, 0) is 12.3 Å². The van der Waals surface area contributed by atoms with Crippen molar-refractivity contribution in [3.8, 4) is 0 Å². The van der Waals surface area contributed by atoms with E-state index in [2.05, 4.69) is 6.92 Å². The fraction of sp³-hybridized carbons (Fsp3) is 0.793. The number of rotatable bonds is 11. The number of hydrogen-bond donors (Lipinski definition) is 0. The summed E-state index contributed by atoms with van der Waals surface area (Å²) in [5.74, 6) is -54.2. The first-order chi connectivity index (χ1) is 20.7. The van der Waals surface area contributed by atoms with Crippen LogP contribution in [0.3, 0.4) is 0 Å². The number of hydrogen-bond acceptors (Lipinski definition) is 0. The molecular formula is C29H31F17. The number of halogens is 17. The lowest BCUT2D eigenvalue weighted by molar-refractivity contribution is -0.462. The second-order valence-electron chi connectivity index (χ2n) is 12.6. The van der Waals surface area contributed by atoms with Crippen molar-refractivity contribution in [1.29, 1.82) is 0 Å². The van der Waals surface area contributed by atoms with Gasteiger partial charge in [-0.3, -0.25) is 0 Å². The summed E-state index contributed by atoms with van der Waals surface area (Å²) in [5, 5.41) is 0. The highest BCUT2D eigenvalue weighted by Crippen LogP contribution is 2.65. The summed E-state index contributed by atoms with van der Waals surface area (Å²) in [6, 6.07) is 1.61. The van der Waals surface area contributed by atoms with E-state index in [9.17, 15) is 74.6 Å². The van der Waals surface area contributed by atoms with E-state index in [0.29, 0.717) is 24.2 Å². The Hall–Kier alpha value is -1.97. The van der Waals surface area contributed by atoms with E-state index in [1.807, 2.05) is 0 Å². The Kier molecular flexibility index (Phi) is 10.4. The fourth-order valence-corrected chi connectivity index (χ4v) is 6.30. The Morgan fingerprint density at radius 2 is 0.848 bits per heavy atom. The summed E-state index contributed by atoms with van der Waals surface area (Å²) in [6.45, 7) is 2.21. The van der Waals surface area contributed by atoms with Gasteiger partial charge in [-0.1, -0.05) is 56.9 Å². The van der Waals surface area contributed by atoms with E-state index < -0.39 is 53.2 Å². The largest absolute Gasteiger partial charge is 0.460 e. The second kappa shape index (κ2) is 12.5. The quantitative estimate of drug-likeness (QED) is 0.201.